The van der Waals surface area contributed by atoms with Crippen LogP contribution in [0, 0.1) is 29.1 Å². The molecule has 0 fully saturated rings. The molecule has 0 amide bonds. The summed E-state index contributed by atoms with van der Waals surface area (Å²) in [5.41, 5.74) is -0.740. The van der Waals surface area contributed by atoms with Crippen molar-refractivity contribution in [2.75, 3.05) is 11.5 Å². The Bertz CT molecular complexity index is 1450. The van der Waals surface area contributed by atoms with Gasteiger partial charge in [0.25, 0.3) is 0 Å². The molecule has 4 N–H and O–H groups in total. The predicted octanol–water partition coefficient (Wildman–Crippen LogP) is 8.19. The average Bonchev–Trinajstić information content (AvgIpc) is 2.75. The van der Waals surface area contributed by atoms with Crippen LogP contribution in [0.2, 0.25) is 0 Å². The summed E-state index contributed by atoms with van der Waals surface area (Å²) in [6, 6.07) is -1.37. The number of halogens is 14. The molecule has 4 nitrogen and oxygen atoms in total. The van der Waals surface area contributed by atoms with Crippen molar-refractivity contribution < 1.29 is 70.9 Å². The van der Waals surface area contributed by atoms with Gasteiger partial charge >= 0.3 is 18.5 Å². The second-order valence-electron chi connectivity index (χ2n) is 7.39. The van der Waals surface area contributed by atoms with E-state index < -0.39 is 105 Å². The molecule has 0 aromatic heterocycles. The molecule has 3 aromatic carbocycles. The molecule has 39 heavy (non-hydrogen) atoms. The molecule has 212 valence electrons. The maximum Gasteiger partial charge on any atom is 0.422 e. The summed E-state index contributed by atoms with van der Waals surface area (Å²) in [6.07, 6.45) is -16.9. The molecule has 0 radical (unpaired) electrons. The first-order chi connectivity index (χ1) is 17.6. The average molecular weight is 586 g/mol. The van der Waals surface area contributed by atoms with Gasteiger partial charge in [-0.1, -0.05) is 0 Å². The summed E-state index contributed by atoms with van der Waals surface area (Å²) in [7, 11) is 0. The van der Waals surface area contributed by atoms with Gasteiger partial charge in [0.15, 0.2) is 34.8 Å². The van der Waals surface area contributed by atoms with Crippen LogP contribution in [0.15, 0.2) is 24.3 Å². The first kappa shape index (κ1) is 29.4. The van der Waals surface area contributed by atoms with Crippen LogP contribution in [0.1, 0.15) is 16.7 Å². The van der Waals surface area contributed by atoms with E-state index in [0.29, 0.717) is 0 Å². The largest absolute Gasteiger partial charge is 0.456 e. The molecule has 0 aliphatic rings. The monoisotopic (exact) mass is 586 g/mol. The van der Waals surface area contributed by atoms with Gasteiger partial charge in [0.05, 0.1) is 11.4 Å². The van der Waals surface area contributed by atoms with Crippen LogP contribution in [0.25, 0.3) is 0 Å². The molecule has 0 aliphatic heterocycles. The Hall–Kier alpha value is -4.12. The Labute approximate surface area is 206 Å². The zero-order valence-corrected chi connectivity index (χ0v) is 18.1. The number of rotatable bonds is 4. The lowest BCUT2D eigenvalue weighted by Gasteiger charge is -2.21. The molecule has 3 aromatic rings. The Morgan fingerprint density at radius 2 is 0.846 bits per heavy atom. The number of hydrogen-bond acceptors (Lipinski definition) is 4. The summed E-state index contributed by atoms with van der Waals surface area (Å²) < 4.78 is 199. The number of anilines is 2. The van der Waals surface area contributed by atoms with Crippen molar-refractivity contribution in [3.8, 4) is 23.0 Å². The fourth-order valence-electron chi connectivity index (χ4n) is 3.15. The smallest absolute Gasteiger partial charge is 0.422 e. The molecular weight excluding hydrogens is 578 g/mol. The molecular formula is C21H8F14N2O2. The molecule has 0 heterocycles. The van der Waals surface area contributed by atoms with Crippen molar-refractivity contribution in [1.82, 2.24) is 0 Å². The highest BCUT2D eigenvalue weighted by Crippen LogP contribution is 2.49. The fourth-order valence-corrected chi connectivity index (χ4v) is 3.15. The lowest BCUT2D eigenvalue weighted by atomic mass is 10.1. The van der Waals surface area contributed by atoms with Crippen molar-refractivity contribution >= 4 is 11.4 Å². The molecule has 0 unspecified atom stereocenters. The summed E-state index contributed by atoms with van der Waals surface area (Å²) in [6.45, 7) is 0. The highest BCUT2D eigenvalue weighted by atomic mass is 19.4. The van der Waals surface area contributed by atoms with Gasteiger partial charge in [0.1, 0.15) is 33.9 Å². The van der Waals surface area contributed by atoms with E-state index in [9.17, 15) is 61.5 Å². The van der Waals surface area contributed by atoms with E-state index in [0.717, 1.165) is 0 Å². The zero-order chi connectivity index (χ0) is 29.8. The van der Waals surface area contributed by atoms with Crippen LogP contribution in [-0.4, -0.2) is 0 Å². The standard InChI is InChI=1S/C21H8F14N2O2/c22-6-1-5(19(27,28)29)9(38-11-2-7(23)15(25)17(36)13(11)20(30,31)32)4-10(6)39-12-3-8(24)16(26)18(37)14(12)21(33,34)35/h1-4H,36-37H2. The molecule has 18 heteroatoms. The Kier molecular flexibility index (Phi) is 7.22. The lowest BCUT2D eigenvalue weighted by molar-refractivity contribution is -0.140. The van der Waals surface area contributed by atoms with Gasteiger partial charge in [-0.05, 0) is 6.07 Å². The lowest BCUT2D eigenvalue weighted by Crippen LogP contribution is -2.15. The molecule has 0 saturated carbocycles. The molecule has 0 atom stereocenters. The van der Waals surface area contributed by atoms with E-state index in [4.69, 9.17) is 11.5 Å². The topological polar surface area (TPSA) is 70.5 Å². The van der Waals surface area contributed by atoms with Crippen molar-refractivity contribution in [2.45, 2.75) is 18.5 Å². The van der Waals surface area contributed by atoms with Crippen LogP contribution in [0.4, 0.5) is 72.8 Å². The van der Waals surface area contributed by atoms with E-state index in [-0.39, 0.29) is 18.2 Å². The van der Waals surface area contributed by atoms with E-state index in [1.165, 1.54) is 0 Å². The minimum absolute atomic E-state index is 0.229. The minimum atomic E-state index is -5.66. The number of ether oxygens (including phenoxy) is 2. The first-order valence-electron chi connectivity index (χ1n) is 9.60. The third-order valence-electron chi connectivity index (χ3n) is 4.79. The van der Waals surface area contributed by atoms with Crippen molar-refractivity contribution in [1.29, 1.82) is 0 Å². The SMILES string of the molecule is Nc1c(F)c(F)cc(Oc2cc(Oc3cc(F)c(F)c(N)c3C(F)(F)F)c(C(F)(F)F)cc2F)c1C(F)(F)F. The second kappa shape index (κ2) is 9.57. The van der Waals surface area contributed by atoms with Crippen LogP contribution >= 0.6 is 0 Å². The quantitative estimate of drug-likeness (QED) is 0.239. The van der Waals surface area contributed by atoms with Gasteiger partial charge in [-0.15, -0.1) is 0 Å². The van der Waals surface area contributed by atoms with Gasteiger partial charge in [-0.2, -0.15) is 39.5 Å². The van der Waals surface area contributed by atoms with E-state index in [1.54, 1.807) is 0 Å². The summed E-state index contributed by atoms with van der Waals surface area (Å²) in [5, 5.41) is 0. The van der Waals surface area contributed by atoms with E-state index >= 15 is 0 Å². The van der Waals surface area contributed by atoms with Gasteiger partial charge in [0, 0.05) is 18.2 Å². The van der Waals surface area contributed by atoms with Gasteiger partial charge in [-0.25, -0.2) is 22.0 Å². The van der Waals surface area contributed by atoms with Gasteiger partial charge < -0.3 is 20.9 Å². The number of benzene rings is 3. The van der Waals surface area contributed by atoms with Crippen LogP contribution in [0.3, 0.4) is 0 Å². The number of hydrogen-bond donors (Lipinski definition) is 2. The zero-order valence-electron chi connectivity index (χ0n) is 18.1. The van der Waals surface area contributed by atoms with Crippen LogP contribution < -0.4 is 20.9 Å². The second-order valence-corrected chi connectivity index (χ2v) is 7.39. The summed E-state index contributed by atoms with van der Waals surface area (Å²) in [4.78, 5) is 0. The highest BCUT2D eigenvalue weighted by molar-refractivity contribution is 5.60. The minimum Gasteiger partial charge on any atom is -0.456 e. The maximum atomic E-state index is 14.5. The van der Waals surface area contributed by atoms with Crippen molar-refractivity contribution in [2.24, 2.45) is 0 Å². The molecule has 0 bridgehead atoms. The van der Waals surface area contributed by atoms with Gasteiger partial charge in [-0.3, -0.25) is 0 Å². The Morgan fingerprint density at radius 3 is 1.21 bits per heavy atom. The maximum absolute atomic E-state index is 14.5. The summed E-state index contributed by atoms with van der Waals surface area (Å²) >= 11 is 0. The third kappa shape index (κ3) is 5.68. The van der Waals surface area contributed by atoms with Crippen LogP contribution in [-0.2, 0) is 18.5 Å². The first-order valence-corrected chi connectivity index (χ1v) is 9.60. The molecule has 0 aliphatic carbocycles. The number of nitrogens with two attached hydrogens (primary N) is 2. The number of nitrogen functional groups attached to an aromatic ring is 2. The molecule has 0 spiro atoms. The summed E-state index contributed by atoms with van der Waals surface area (Å²) in [5.74, 6) is -17.9. The van der Waals surface area contributed by atoms with Crippen LogP contribution in [0.5, 0.6) is 23.0 Å². The van der Waals surface area contributed by atoms with E-state index in [2.05, 4.69) is 9.47 Å². The molecule has 0 saturated heterocycles. The van der Waals surface area contributed by atoms with Crippen molar-refractivity contribution in [3.63, 3.8) is 0 Å². The normalized spacial score (nSPS) is 12.6. The van der Waals surface area contributed by atoms with Gasteiger partial charge in [0.2, 0.25) is 0 Å². The fraction of sp³-hybridized carbons (Fsp3) is 0.143. The molecule has 3 rings (SSSR count). The van der Waals surface area contributed by atoms with Crippen molar-refractivity contribution in [3.05, 3.63) is 70.0 Å². The predicted molar refractivity (Wildman–Crippen MR) is 103 cm³/mol. The highest BCUT2D eigenvalue weighted by Gasteiger charge is 2.42. The van der Waals surface area contributed by atoms with E-state index in [1.807, 2.05) is 0 Å². The Morgan fingerprint density at radius 1 is 0.462 bits per heavy atom. The number of alkyl halides is 9. The Balaban J connectivity index is 2.27. The third-order valence-corrected chi connectivity index (χ3v) is 4.79.